The number of aromatic hydroxyl groups is 1. The van der Waals surface area contributed by atoms with Gasteiger partial charge in [-0.25, -0.2) is 9.18 Å². The molecule has 0 aliphatic heterocycles. The number of carbonyl (C=O) groups is 1. The maximum absolute atomic E-state index is 12.7. The first-order valence-electron chi connectivity index (χ1n) is 3.74. The number of halogens is 1. The molecule has 0 radical (unpaired) electrons. The van der Waals surface area contributed by atoms with E-state index < -0.39 is 12.1 Å². The number of aliphatic carboxylic acids is 1. The number of rotatable bonds is 3. The molecule has 1 unspecified atom stereocenters. The smallest absolute Gasteiger partial charge is 0.338 e. The number of carboxylic acid groups (broad SMARTS) is 1. The van der Waals surface area contributed by atoms with Crippen LogP contribution in [0.5, 0.6) is 5.75 Å². The van der Waals surface area contributed by atoms with Crippen molar-refractivity contribution in [3.8, 4) is 5.75 Å². The third kappa shape index (κ3) is 2.74. The SMILES string of the molecule is O=C(O)C(F)Cc1cccc(O)c1. The number of alkyl halides is 1. The average Bonchev–Trinajstić information content (AvgIpc) is 2.04. The van der Waals surface area contributed by atoms with E-state index in [0.29, 0.717) is 5.56 Å². The number of carboxylic acids is 1. The molecule has 0 aliphatic carbocycles. The molecule has 70 valence electrons. The third-order valence-corrected chi connectivity index (χ3v) is 1.59. The Morgan fingerprint density at radius 3 is 2.77 bits per heavy atom. The fourth-order valence-corrected chi connectivity index (χ4v) is 0.978. The summed E-state index contributed by atoms with van der Waals surface area (Å²) in [5.41, 5.74) is 0.468. The predicted molar refractivity (Wildman–Crippen MR) is 44.3 cm³/mol. The minimum atomic E-state index is -1.92. The Morgan fingerprint density at radius 1 is 1.54 bits per heavy atom. The lowest BCUT2D eigenvalue weighted by atomic mass is 10.1. The van der Waals surface area contributed by atoms with Crippen molar-refractivity contribution in [2.24, 2.45) is 0 Å². The summed E-state index contributed by atoms with van der Waals surface area (Å²) in [5, 5.41) is 17.3. The Morgan fingerprint density at radius 2 is 2.23 bits per heavy atom. The van der Waals surface area contributed by atoms with E-state index in [2.05, 4.69) is 0 Å². The number of phenols is 1. The van der Waals surface area contributed by atoms with Gasteiger partial charge in [0.25, 0.3) is 0 Å². The molecule has 0 aromatic heterocycles. The van der Waals surface area contributed by atoms with Gasteiger partial charge < -0.3 is 10.2 Å². The van der Waals surface area contributed by atoms with Crippen molar-refractivity contribution >= 4 is 5.97 Å². The quantitative estimate of drug-likeness (QED) is 0.745. The molecular weight excluding hydrogens is 175 g/mol. The van der Waals surface area contributed by atoms with Crippen LogP contribution < -0.4 is 0 Å². The number of hydrogen-bond acceptors (Lipinski definition) is 2. The summed E-state index contributed by atoms with van der Waals surface area (Å²) in [5.74, 6) is -1.47. The molecule has 0 amide bonds. The molecule has 0 heterocycles. The van der Waals surface area contributed by atoms with E-state index in [-0.39, 0.29) is 12.2 Å². The summed E-state index contributed by atoms with van der Waals surface area (Å²) in [6, 6.07) is 5.89. The van der Waals surface area contributed by atoms with E-state index in [1.54, 1.807) is 12.1 Å². The summed E-state index contributed by atoms with van der Waals surface area (Å²) >= 11 is 0. The van der Waals surface area contributed by atoms with Crippen molar-refractivity contribution in [3.05, 3.63) is 29.8 Å². The normalized spacial score (nSPS) is 12.4. The van der Waals surface area contributed by atoms with Crippen molar-refractivity contribution in [1.29, 1.82) is 0 Å². The fraction of sp³-hybridized carbons (Fsp3) is 0.222. The van der Waals surface area contributed by atoms with Gasteiger partial charge in [0.2, 0.25) is 6.17 Å². The molecule has 4 heteroatoms. The molecule has 0 saturated carbocycles. The van der Waals surface area contributed by atoms with E-state index in [0.717, 1.165) is 0 Å². The van der Waals surface area contributed by atoms with Crippen LogP contribution in [0.1, 0.15) is 5.56 Å². The molecule has 0 bridgehead atoms. The molecule has 13 heavy (non-hydrogen) atoms. The zero-order valence-electron chi connectivity index (χ0n) is 6.77. The standard InChI is InChI=1S/C9H9FO3/c10-8(9(12)13)5-6-2-1-3-7(11)4-6/h1-4,8,11H,5H2,(H,12,13). The highest BCUT2D eigenvalue weighted by molar-refractivity contribution is 5.72. The molecule has 1 aromatic carbocycles. The van der Waals surface area contributed by atoms with Crippen LogP contribution in [0.25, 0.3) is 0 Å². The van der Waals surface area contributed by atoms with E-state index in [1.165, 1.54) is 12.1 Å². The number of benzene rings is 1. The van der Waals surface area contributed by atoms with E-state index in [1.807, 2.05) is 0 Å². The van der Waals surface area contributed by atoms with Crippen LogP contribution in [0.2, 0.25) is 0 Å². The molecule has 1 atom stereocenters. The lowest BCUT2D eigenvalue weighted by Gasteiger charge is -2.02. The maximum Gasteiger partial charge on any atom is 0.338 e. The van der Waals surface area contributed by atoms with Crippen LogP contribution in [0.15, 0.2) is 24.3 Å². The molecule has 0 aliphatic rings. The largest absolute Gasteiger partial charge is 0.508 e. The molecule has 1 aromatic rings. The van der Waals surface area contributed by atoms with Gasteiger partial charge >= 0.3 is 5.97 Å². The Kier molecular flexibility index (Phi) is 2.84. The zero-order valence-corrected chi connectivity index (χ0v) is 6.77. The van der Waals surface area contributed by atoms with Gasteiger partial charge in [-0.15, -0.1) is 0 Å². The lowest BCUT2D eigenvalue weighted by Crippen LogP contribution is -2.16. The van der Waals surface area contributed by atoms with Crippen LogP contribution in [0, 0.1) is 0 Å². The number of phenolic OH excluding ortho intramolecular Hbond substituents is 1. The van der Waals surface area contributed by atoms with Gasteiger partial charge in [0.15, 0.2) is 0 Å². The Bertz CT molecular complexity index is 311. The lowest BCUT2D eigenvalue weighted by molar-refractivity contribution is -0.142. The molecule has 0 spiro atoms. The zero-order chi connectivity index (χ0) is 9.84. The topological polar surface area (TPSA) is 57.5 Å². The second-order valence-electron chi connectivity index (χ2n) is 2.68. The van der Waals surface area contributed by atoms with Crippen LogP contribution in [-0.4, -0.2) is 22.4 Å². The average molecular weight is 184 g/mol. The van der Waals surface area contributed by atoms with E-state index in [4.69, 9.17) is 10.2 Å². The van der Waals surface area contributed by atoms with Gasteiger partial charge in [0.05, 0.1) is 0 Å². The summed E-state index contributed by atoms with van der Waals surface area (Å²) in [6.07, 6.45) is -2.13. The van der Waals surface area contributed by atoms with Crippen molar-refractivity contribution in [1.82, 2.24) is 0 Å². The van der Waals surface area contributed by atoms with Crippen molar-refractivity contribution in [3.63, 3.8) is 0 Å². The van der Waals surface area contributed by atoms with Gasteiger partial charge in [-0.1, -0.05) is 12.1 Å². The van der Waals surface area contributed by atoms with Crippen LogP contribution in [0.3, 0.4) is 0 Å². The molecule has 3 nitrogen and oxygen atoms in total. The third-order valence-electron chi connectivity index (χ3n) is 1.59. The van der Waals surface area contributed by atoms with Crippen LogP contribution in [-0.2, 0) is 11.2 Å². The molecule has 0 fully saturated rings. The monoisotopic (exact) mass is 184 g/mol. The Hall–Kier alpha value is -1.58. The summed E-state index contributed by atoms with van der Waals surface area (Å²) in [7, 11) is 0. The Labute approximate surface area is 74.4 Å². The summed E-state index contributed by atoms with van der Waals surface area (Å²) in [4.78, 5) is 10.2. The van der Waals surface area contributed by atoms with Crippen LogP contribution in [0.4, 0.5) is 4.39 Å². The van der Waals surface area contributed by atoms with Gasteiger partial charge in [-0.3, -0.25) is 0 Å². The van der Waals surface area contributed by atoms with Crippen molar-refractivity contribution in [2.45, 2.75) is 12.6 Å². The maximum atomic E-state index is 12.7. The van der Waals surface area contributed by atoms with Crippen molar-refractivity contribution < 1.29 is 19.4 Å². The molecule has 0 saturated heterocycles. The number of hydrogen-bond donors (Lipinski definition) is 2. The van der Waals surface area contributed by atoms with Crippen molar-refractivity contribution in [2.75, 3.05) is 0 Å². The second-order valence-corrected chi connectivity index (χ2v) is 2.68. The molecule has 1 rings (SSSR count). The molecule has 2 N–H and O–H groups in total. The first-order chi connectivity index (χ1) is 6.09. The highest BCUT2D eigenvalue weighted by Gasteiger charge is 2.15. The summed E-state index contributed by atoms with van der Waals surface area (Å²) < 4.78 is 12.7. The minimum Gasteiger partial charge on any atom is -0.508 e. The predicted octanol–water partition coefficient (Wildman–Crippen LogP) is 1.36. The summed E-state index contributed by atoms with van der Waals surface area (Å²) in [6.45, 7) is 0. The Balaban J connectivity index is 2.69. The first-order valence-corrected chi connectivity index (χ1v) is 3.74. The van der Waals surface area contributed by atoms with E-state index >= 15 is 0 Å². The fourth-order valence-electron chi connectivity index (χ4n) is 0.978. The van der Waals surface area contributed by atoms with Crippen LogP contribution >= 0.6 is 0 Å². The van der Waals surface area contributed by atoms with Gasteiger partial charge in [0, 0.05) is 6.42 Å². The van der Waals surface area contributed by atoms with Gasteiger partial charge in [-0.2, -0.15) is 0 Å². The van der Waals surface area contributed by atoms with Gasteiger partial charge in [0.1, 0.15) is 5.75 Å². The van der Waals surface area contributed by atoms with Gasteiger partial charge in [-0.05, 0) is 17.7 Å². The van der Waals surface area contributed by atoms with E-state index in [9.17, 15) is 9.18 Å². The minimum absolute atomic E-state index is 0.00934. The second kappa shape index (κ2) is 3.89. The highest BCUT2D eigenvalue weighted by Crippen LogP contribution is 2.13. The molecular formula is C9H9FO3. The highest BCUT2D eigenvalue weighted by atomic mass is 19.1. The first kappa shape index (κ1) is 9.51.